The third kappa shape index (κ3) is 2.72. The van der Waals surface area contributed by atoms with Crippen LogP contribution >= 0.6 is 0 Å². The summed E-state index contributed by atoms with van der Waals surface area (Å²) >= 11 is 0. The molecule has 0 saturated carbocycles. The Bertz CT molecular complexity index is 824. The summed E-state index contributed by atoms with van der Waals surface area (Å²) in [6, 6.07) is 19.8. The van der Waals surface area contributed by atoms with Gasteiger partial charge in [0.1, 0.15) is 0 Å². The van der Waals surface area contributed by atoms with Crippen molar-refractivity contribution < 1.29 is 4.79 Å². The lowest BCUT2D eigenvalue weighted by Crippen LogP contribution is -2.00. The number of hydrogen-bond donors (Lipinski definition) is 2. The van der Waals surface area contributed by atoms with Gasteiger partial charge in [0.15, 0.2) is 5.78 Å². The first-order valence-electron chi connectivity index (χ1n) is 6.80. The minimum Gasteiger partial charge on any atom is -0.398 e. The molecule has 0 radical (unpaired) electrons. The molecule has 0 aliphatic carbocycles. The molecule has 0 spiro atoms. The SMILES string of the molecule is CC(=O)c1ccc(Nc2ccc3ccccc3c2)cc1N. The molecule has 0 amide bonds. The second kappa shape index (κ2) is 5.29. The molecule has 0 fully saturated rings. The zero-order valence-electron chi connectivity index (χ0n) is 11.8. The molecular weight excluding hydrogens is 260 g/mol. The molecule has 3 nitrogen and oxygen atoms in total. The second-order valence-electron chi connectivity index (χ2n) is 5.05. The smallest absolute Gasteiger partial charge is 0.161 e. The molecule has 21 heavy (non-hydrogen) atoms. The number of Topliss-reactive ketones (excluding diaryl/α,β-unsaturated/α-hetero) is 1. The van der Waals surface area contributed by atoms with E-state index in [0.717, 1.165) is 11.4 Å². The van der Waals surface area contributed by atoms with Crippen LogP contribution in [0.4, 0.5) is 17.1 Å². The lowest BCUT2D eigenvalue weighted by molar-refractivity contribution is 0.101. The van der Waals surface area contributed by atoms with Gasteiger partial charge >= 0.3 is 0 Å². The Hall–Kier alpha value is -2.81. The molecule has 0 unspecified atom stereocenters. The van der Waals surface area contributed by atoms with Crippen molar-refractivity contribution in [2.75, 3.05) is 11.1 Å². The molecule has 3 aromatic carbocycles. The standard InChI is InChI=1S/C18H16N2O/c1-12(21)17-9-8-16(11-18(17)19)20-15-7-6-13-4-2-3-5-14(13)10-15/h2-11,20H,19H2,1H3. The van der Waals surface area contributed by atoms with Crippen LogP contribution in [0.3, 0.4) is 0 Å². The van der Waals surface area contributed by atoms with Crippen molar-refractivity contribution in [3.8, 4) is 0 Å². The largest absolute Gasteiger partial charge is 0.398 e. The summed E-state index contributed by atoms with van der Waals surface area (Å²) in [6.45, 7) is 1.52. The average molecular weight is 276 g/mol. The number of ketones is 1. The van der Waals surface area contributed by atoms with Crippen LogP contribution in [0.2, 0.25) is 0 Å². The van der Waals surface area contributed by atoms with Crippen molar-refractivity contribution >= 4 is 33.6 Å². The van der Waals surface area contributed by atoms with Gasteiger partial charge in [-0.3, -0.25) is 4.79 Å². The predicted molar refractivity (Wildman–Crippen MR) is 88.1 cm³/mol. The summed E-state index contributed by atoms with van der Waals surface area (Å²) in [4.78, 5) is 11.4. The molecule has 0 aliphatic heterocycles. The fourth-order valence-electron chi connectivity index (χ4n) is 2.39. The summed E-state index contributed by atoms with van der Waals surface area (Å²) in [5, 5.41) is 5.69. The van der Waals surface area contributed by atoms with Gasteiger partial charge in [0.2, 0.25) is 0 Å². The monoisotopic (exact) mass is 276 g/mol. The highest BCUT2D eigenvalue weighted by atomic mass is 16.1. The van der Waals surface area contributed by atoms with Crippen molar-refractivity contribution in [1.29, 1.82) is 0 Å². The fourth-order valence-corrected chi connectivity index (χ4v) is 2.39. The topological polar surface area (TPSA) is 55.1 Å². The van der Waals surface area contributed by atoms with Crippen molar-refractivity contribution in [2.45, 2.75) is 6.92 Å². The van der Waals surface area contributed by atoms with Crippen LogP contribution < -0.4 is 11.1 Å². The number of nitrogens with one attached hydrogen (secondary N) is 1. The highest BCUT2D eigenvalue weighted by Gasteiger charge is 2.05. The number of benzene rings is 3. The summed E-state index contributed by atoms with van der Waals surface area (Å²) in [7, 11) is 0. The highest BCUT2D eigenvalue weighted by molar-refractivity contribution is 5.99. The van der Waals surface area contributed by atoms with Gasteiger partial charge in [-0.15, -0.1) is 0 Å². The summed E-state index contributed by atoms with van der Waals surface area (Å²) in [5.74, 6) is -0.0234. The van der Waals surface area contributed by atoms with Crippen LogP contribution in [0.25, 0.3) is 10.8 Å². The zero-order chi connectivity index (χ0) is 14.8. The molecule has 3 rings (SSSR count). The molecule has 0 bridgehead atoms. The van der Waals surface area contributed by atoms with Gasteiger partial charge in [-0.1, -0.05) is 30.3 Å². The Kier molecular flexibility index (Phi) is 3.32. The van der Waals surface area contributed by atoms with Gasteiger partial charge in [-0.25, -0.2) is 0 Å². The molecule has 104 valence electrons. The van der Waals surface area contributed by atoms with Crippen molar-refractivity contribution in [3.05, 3.63) is 66.2 Å². The lowest BCUT2D eigenvalue weighted by atomic mass is 10.1. The maximum atomic E-state index is 11.4. The van der Waals surface area contributed by atoms with Gasteiger partial charge in [-0.2, -0.15) is 0 Å². The summed E-state index contributed by atoms with van der Waals surface area (Å²) in [6.07, 6.45) is 0. The van der Waals surface area contributed by atoms with E-state index in [1.54, 1.807) is 12.1 Å². The number of carbonyl (C=O) groups is 1. The Balaban J connectivity index is 1.91. The van der Waals surface area contributed by atoms with Gasteiger partial charge in [0, 0.05) is 22.6 Å². The first-order chi connectivity index (χ1) is 10.1. The van der Waals surface area contributed by atoms with E-state index in [1.165, 1.54) is 17.7 Å². The highest BCUT2D eigenvalue weighted by Crippen LogP contribution is 2.24. The zero-order valence-corrected chi connectivity index (χ0v) is 11.8. The van der Waals surface area contributed by atoms with Crippen molar-refractivity contribution in [2.24, 2.45) is 0 Å². The molecule has 0 atom stereocenters. The third-order valence-electron chi connectivity index (χ3n) is 3.47. The molecule has 3 aromatic rings. The lowest BCUT2D eigenvalue weighted by Gasteiger charge is -2.10. The third-order valence-corrected chi connectivity index (χ3v) is 3.47. The maximum absolute atomic E-state index is 11.4. The van der Waals surface area contributed by atoms with Crippen LogP contribution in [0.1, 0.15) is 17.3 Å². The molecule has 0 aliphatic rings. The van der Waals surface area contributed by atoms with Crippen LogP contribution in [0.5, 0.6) is 0 Å². The van der Waals surface area contributed by atoms with E-state index in [2.05, 4.69) is 29.6 Å². The second-order valence-corrected chi connectivity index (χ2v) is 5.05. The van der Waals surface area contributed by atoms with E-state index in [1.807, 2.05) is 24.3 Å². The Morgan fingerprint density at radius 2 is 1.57 bits per heavy atom. The number of carbonyl (C=O) groups excluding carboxylic acids is 1. The summed E-state index contributed by atoms with van der Waals surface area (Å²) < 4.78 is 0. The number of nitrogen functional groups attached to an aromatic ring is 1. The molecule has 3 N–H and O–H groups in total. The van der Waals surface area contributed by atoms with E-state index in [9.17, 15) is 4.79 Å². The molecule has 0 aromatic heterocycles. The number of rotatable bonds is 3. The van der Waals surface area contributed by atoms with Gasteiger partial charge < -0.3 is 11.1 Å². The number of anilines is 3. The predicted octanol–water partition coefficient (Wildman–Crippen LogP) is 4.37. The van der Waals surface area contributed by atoms with E-state index in [-0.39, 0.29) is 5.78 Å². The quantitative estimate of drug-likeness (QED) is 0.551. The van der Waals surface area contributed by atoms with E-state index in [0.29, 0.717) is 11.3 Å². The Labute approximate surface area is 123 Å². The van der Waals surface area contributed by atoms with E-state index >= 15 is 0 Å². The minimum absolute atomic E-state index is 0.0234. The minimum atomic E-state index is -0.0234. The molecule has 0 saturated heterocycles. The van der Waals surface area contributed by atoms with E-state index < -0.39 is 0 Å². The van der Waals surface area contributed by atoms with Gasteiger partial charge in [-0.05, 0) is 48.0 Å². The number of nitrogens with two attached hydrogens (primary N) is 1. The molecule has 0 heterocycles. The van der Waals surface area contributed by atoms with Gasteiger partial charge in [0.05, 0.1) is 0 Å². The van der Waals surface area contributed by atoms with Crippen LogP contribution in [0, 0.1) is 0 Å². The first-order valence-corrected chi connectivity index (χ1v) is 6.80. The van der Waals surface area contributed by atoms with E-state index in [4.69, 9.17) is 5.73 Å². The van der Waals surface area contributed by atoms with Crippen LogP contribution in [0.15, 0.2) is 60.7 Å². The Morgan fingerprint density at radius 1 is 0.905 bits per heavy atom. The maximum Gasteiger partial charge on any atom is 0.161 e. The van der Waals surface area contributed by atoms with Gasteiger partial charge in [0.25, 0.3) is 0 Å². The number of hydrogen-bond acceptors (Lipinski definition) is 3. The number of fused-ring (bicyclic) bond motifs is 1. The Morgan fingerprint density at radius 3 is 2.29 bits per heavy atom. The van der Waals surface area contributed by atoms with Crippen LogP contribution in [-0.4, -0.2) is 5.78 Å². The fraction of sp³-hybridized carbons (Fsp3) is 0.0556. The molecular formula is C18H16N2O. The normalized spacial score (nSPS) is 10.5. The summed E-state index contributed by atoms with van der Waals surface area (Å²) in [5.41, 5.74) is 8.81. The first kappa shape index (κ1) is 13.2. The van der Waals surface area contributed by atoms with Crippen molar-refractivity contribution in [3.63, 3.8) is 0 Å². The van der Waals surface area contributed by atoms with Crippen LogP contribution in [-0.2, 0) is 0 Å². The average Bonchev–Trinajstić information content (AvgIpc) is 2.47. The van der Waals surface area contributed by atoms with Crippen molar-refractivity contribution in [1.82, 2.24) is 0 Å². The molecule has 3 heteroatoms.